The third-order valence-electron chi connectivity index (χ3n) is 7.46. The fourth-order valence-electron chi connectivity index (χ4n) is 4.98. The highest BCUT2D eigenvalue weighted by atomic mass is 19.4. The number of hydrogen-bond donors (Lipinski definition) is 1. The minimum absolute atomic E-state index is 0.194. The lowest BCUT2D eigenvalue weighted by Crippen LogP contribution is -2.13. The Morgan fingerprint density at radius 1 is 0.756 bits per heavy atom. The van der Waals surface area contributed by atoms with Gasteiger partial charge < -0.3 is 14.8 Å². The number of nitrogens with one attached hydrogen (secondary N) is 1. The number of benzene rings is 5. The van der Waals surface area contributed by atoms with Crippen LogP contribution in [0.2, 0.25) is 0 Å². The lowest BCUT2D eigenvalue weighted by atomic mass is 9.90. The van der Waals surface area contributed by atoms with Crippen molar-refractivity contribution in [1.29, 1.82) is 0 Å². The molecule has 0 atom stereocenters. The summed E-state index contributed by atoms with van der Waals surface area (Å²) in [6.07, 6.45) is -3.66. The van der Waals surface area contributed by atoms with Crippen LogP contribution in [0, 0.1) is 6.92 Å². The Balaban J connectivity index is 1.22. The molecular formula is C38H34F3NO3. The topological polar surface area (TPSA) is 47.6 Å². The molecule has 5 aromatic rings. The quantitative estimate of drug-likeness (QED) is 0.171. The van der Waals surface area contributed by atoms with Gasteiger partial charge in [0.1, 0.15) is 23.9 Å². The monoisotopic (exact) mass is 609 g/mol. The highest BCUT2D eigenvalue weighted by Gasteiger charge is 2.30. The van der Waals surface area contributed by atoms with Gasteiger partial charge in [-0.3, -0.25) is 4.79 Å². The van der Waals surface area contributed by atoms with E-state index in [1.54, 1.807) is 24.3 Å². The summed E-state index contributed by atoms with van der Waals surface area (Å²) in [5.41, 5.74) is 5.92. The zero-order chi connectivity index (χ0) is 32.0. The van der Waals surface area contributed by atoms with E-state index < -0.39 is 11.7 Å². The van der Waals surface area contributed by atoms with Gasteiger partial charge in [0.05, 0.1) is 5.56 Å². The number of para-hydroxylation sites is 1. The molecule has 1 N–H and O–H groups in total. The molecule has 5 rings (SSSR count). The predicted molar refractivity (Wildman–Crippen MR) is 171 cm³/mol. The fraction of sp³-hybridized carbons (Fsp3) is 0.184. The van der Waals surface area contributed by atoms with Crippen LogP contribution in [-0.2, 0) is 19.2 Å². The Labute approximate surface area is 261 Å². The lowest BCUT2D eigenvalue weighted by molar-refractivity contribution is -0.137. The summed E-state index contributed by atoms with van der Waals surface area (Å²) in [4.78, 5) is 13.1. The van der Waals surface area contributed by atoms with E-state index >= 15 is 0 Å². The second-order valence-electron chi connectivity index (χ2n) is 11.2. The Morgan fingerprint density at radius 2 is 1.36 bits per heavy atom. The first kappa shape index (κ1) is 31.4. The summed E-state index contributed by atoms with van der Waals surface area (Å²) in [5, 5.41) is 3.08. The molecule has 0 heterocycles. The Morgan fingerprint density at radius 3 is 1.98 bits per heavy atom. The number of halogens is 3. The Kier molecular flexibility index (Phi) is 9.57. The van der Waals surface area contributed by atoms with Crippen molar-refractivity contribution in [3.63, 3.8) is 0 Å². The molecule has 0 unspecified atom stereocenters. The predicted octanol–water partition coefficient (Wildman–Crippen LogP) is 10.4. The van der Waals surface area contributed by atoms with Crippen LogP contribution in [0.4, 0.5) is 18.9 Å². The number of ether oxygens (including phenoxy) is 2. The number of rotatable bonds is 10. The van der Waals surface area contributed by atoms with Gasteiger partial charge in [-0.1, -0.05) is 62.4 Å². The maximum Gasteiger partial charge on any atom is 0.416 e. The van der Waals surface area contributed by atoms with Crippen LogP contribution in [0.3, 0.4) is 0 Å². The third-order valence-corrected chi connectivity index (χ3v) is 7.46. The van der Waals surface area contributed by atoms with Crippen LogP contribution in [0.1, 0.15) is 63.5 Å². The van der Waals surface area contributed by atoms with E-state index in [2.05, 4.69) is 31.3 Å². The van der Waals surface area contributed by atoms with Gasteiger partial charge in [-0.15, -0.1) is 0 Å². The molecule has 0 aliphatic carbocycles. The first-order valence-electron chi connectivity index (χ1n) is 14.7. The van der Waals surface area contributed by atoms with Crippen LogP contribution in [0.5, 0.6) is 17.2 Å². The molecule has 7 heteroatoms. The summed E-state index contributed by atoms with van der Waals surface area (Å²) in [6.45, 7) is 6.50. The zero-order valence-electron chi connectivity index (χ0n) is 25.3. The Bertz CT molecular complexity index is 1730. The van der Waals surface area contributed by atoms with Gasteiger partial charge in [0, 0.05) is 11.3 Å². The van der Waals surface area contributed by atoms with Crippen molar-refractivity contribution < 1.29 is 27.4 Å². The maximum atomic E-state index is 13.1. The highest BCUT2D eigenvalue weighted by Crippen LogP contribution is 2.31. The molecule has 0 bridgehead atoms. The van der Waals surface area contributed by atoms with Crippen molar-refractivity contribution in [3.8, 4) is 17.2 Å². The van der Waals surface area contributed by atoms with Gasteiger partial charge in [0.25, 0.3) is 5.91 Å². The first-order valence-corrected chi connectivity index (χ1v) is 14.7. The number of alkyl halides is 3. The molecule has 4 nitrogen and oxygen atoms in total. The lowest BCUT2D eigenvalue weighted by Gasteiger charge is -2.18. The Hall–Kier alpha value is -5.04. The van der Waals surface area contributed by atoms with Crippen LogP contribution in [0.25, 0.3) is 0 Å². The number of carbonyl (C=O) groups excluding carboxylic acids is 1. The molecule has 0 saturated carbocycles. The molecule has 5 aromatic carbocycles. The molecule has 0 radical (unpaired) electrons. The van der Waals surface area contributed by atoms with Crippen LogP contribution >= 0.6 is 0 Å². The normalized spacial score (nSPS) is 11.4. The molecule has 0 aliphatic rings. The van der Waals surface area contributed by atoms with Gasteiger partial charge in [0.15, 0.2) is 0 Å². The largest absolute Gasteiger partial charge is 0.489 e. The molecule has 230 valence electrons. The van der Waals surface area contributed by atoms with Crippen molar-refractivity contribution in [2.45, 2.75) is 45.9 Å². The molecule has 0 aliphatic heterocycles. The standard InChI is InChI=1S/C38H34F3NO3/c1-25(2)35-23-36(42-37(43)29-13-17-34(18-14-29)45-33-7-5-4-6-8-33)26(3)21-30(35)22-27-9-11-28(12-10-27)24-44-32-19-15-31(16-20-32)38(39,40)41/h4-21,23,25H,22,24H2,1-3H3,(H,42,43). The number of anilines is 1. The van der Waals surface area contributed by atoms with Crippen molar-refractivity contribution >= 4 is 11.6 Å². The molecule has 1 amide bonds. The zero-order valence-corrected chi connectivity index (χ0v) is 25.3. The van der Waals surface area contributed by atoms with E-state index in [4.69, 9.17) is 9.47 Å². The summed E-state index contributed by atoms with van der Waals surface area (Å²) in [6, 6.07) is 33.4. The molecule has 45 heavy (non-hydrogen) atoms. The van der Waals surface area contributed by atoms with Crippen LogP contribution in [-0.4, -0.2) is 5.91 Å². The average Bonchev–Trinajstić information content (AvgIpc) is 3.02. The molecule has 0 spiro atoms. The summed E-state index contributed by atoms with van der Waals surface area (Å²) >= 11 is 0. The first-order chi connectivity index (χ1) is 21.5. The molecule has 0 aromatic heterocycles. The average molecular weight is 610 g/mol. The number of aryl methyl sites for hydroxylation is 1. The number of hydrogen-bond acceptors (Lipinski definition) is 3. The van der Waals surface area contributed by atoms with Crippen LogP contribution < -0.4 is 14.8 Å². The van der Waals surface area contributed by atoms with Crippen molar-refractivity contribution in [3.05, 3.63) is 154 Å². The van der Waals surface area contributed by atoms with Crippen molar-refractivity contribution in [2.75, 3.05) is 5.32 Å². The number of amides is 1. The van der Waals surface area contributed by atoms with E-state index in [0.29, 0.717) is 23.5 Å². The van der Waals surface area contributed by atoms with Crippen molar-refractivity contribution in [1.82, 2.24) is 0 Å². The smallest absolute Gasteiger partial charge is 0.416 e. The van der Waals surface area contributed by atoms with Crippen molar-refractivity contribution in [2.24, 2.45) is 0 Å². The minimum Gasteiger partial charge on any atom is -0.489 e. The van der Waals surface area contributed by atoms with E-state index in [-0.39, 0.29) is 18.4 Å². The summed E-state index contributed by atoms with van der Waals surface area (Å²) in [7, 11) is 0. The van der Waals surface area contributed by atoms with Gasteiger partial charge in [-0.25, -0.2) is 0 Å². The fourth-order valence-corrected chi connectivity index (χ4v) is 4.98. The third kappa shape index (κ3) is 8.32. The number of carbonyl (C=O) groups is 1. The molecule has 0 saturated heterocycles. The second-order valence-corrected chi connectivity index (χ2v) is 11.2. The van der Waals surface area contributed by atoms with Crippen LogP contribution in [0.15, 0.2) is 115 Å². The SMILES string of the molecule is Cc1cc(Cc2ccc(COc3ccc(C(F)(F)F)cc3)cc2)c(C(C)C)cc1NC(=O)c1ccc(Oc2ccccc2)cc1. The minimum atomic E-state index is -4.37. The maximum absolute atomic E-state index is 13.1. The van der Waals surface area contributed by atoms with Gasteiger partial charge in [-0.05, 0) is 114 Å². The summed E-state index contributed by atoms with van der Waals surface area (Å²) in [5.74, 6) is 1.81. The van der Waals surface area contributed by atoms with E-state index in [0.717, 1.165) is 45.8 Å². The highest BCUT2D eigenvalue weighted by molar-refractivity contribution is 6.04. The molecular weight excluding hydrogens is 575 g/mol. The van der Waals surface area contributed by atoms with E-state index in [1.165, 1.54) is 17.7 Å². The van der Waals surface area contributed by atoms with E-state index in [1.807, 2.05) is 61.5 Å². The van der Waals surface area contributed by atoms with Gasteiger partial charge in [0.2, 0.25) is 0 Å². The van der Waals surface area contributed by atoms with E-state index in [9.17, 15) is 18.0 Å². The van der Waals surface area contributed by atoms with Gasteiger partial charge >= 0.3 is 6.18 Å². The molecule has 0 fully saturated rings. The van der Waals surface area contributed by atoms with Gasteiger partial charge in [-0.2, -0.15) is 13.2 Å². The second kappa shape index (κ2) is 13.7. The summed E-state index contributed by atoms with van der Waals surface area (Å²) < 4.78 is 49.9.